The largest absolute Gasteiger partial charge is 0.313 e. The fourth-order valence-corrected chi connectivity index (χ4v) is 2.54. The number of nitro benzene ring substituents is 1. The summed E-state index contributed by atoms with van der Waals surface area (Å²) in [7, 11) is 0. The molecule has 0 spiro atoms. The van der Waals surface area contributed by atoms with Crippen molar-refractivity contribution >= 4 is 5.69 Å². The third-order valence-corrected chi connectivity index (χ3v) is 3.93. The predicted octanol–water partition coefficient (Wildman–Crippen LogP) is 3.98. The van der Waals surface area contributed by atoms with Crippen molar-refractivity contribution < 1.29 is 4.92 Å². The SMILES string of the molecule is CCCCN(CCCC)CCCNCc1cccc([N+](=O)[O-])c1. The van der Waals surface area contributed by atoms with Crippen molar-refractivity contribution in [3.63, 3.8) is 0 Å². The van der Waals surface area contributed by atoms with Crippen molar-refractivity contribution in [1.82, 2.24) is 10.2 Å². The van der Waals surface area contributed by atoms with E-state index in [9.17, 15) is 10.1 Å². The second kappa shape index (κ2) is 12.0. The fraction of sp³-hybridized carbons (Fsp3) is 0.667. The van der Waals surface area contributed by atoms with E-state index in [-0.39, 0.29) is 10.6 Å². The predicted molar refractivity (Wildman–Crippen MR) is 95.7 cm³/mol. The van der Waals surface area contributed by atoms with Crippen molar-refractivity contribution in [3.8, 4) is 0 Å². The molecular weight excluding hydrogens is 290 g/mol. The monoisotopic (exact) mass is 321 g/mol. The van der Waals surface area contributed by atoms with Crippen LogP contribution in [-0.2, 0) is 6.54 Å². The number of hydrogen-bond donors (Lipinski definition) is 1. The molecule has 0 aliphatic heterocycles. The summed E-state index contributed by atoms with van der Waals surface area (Å²) in [4.78, 5) is 13.0. The molecule has 0 fully saturated rings. The first-order chi connectivity index (χ1) is 11.2. The van der Waals surface area contributed by atoms with Crippen LogP contribution in [0.2, 0.25) is 0 Å². The van der Waals surface area contributed by atoms with Crippen LogP contribution in [0.15, 0.2) is 24.3 Å². The zero-order valence-corrected chi connectivity index (χ0v) is 14.6. The minimum atomic E-state index is -0.344. The smallest absolute Gasteiger partial charge is 0.269 e. The molecule has 0 heterocycles. The van der Waals surface area contributed by atoms with E-state index in [1.54, 1.807) is 12.1 Å². The van der Waals surface area contributed by atoms with Crippen LogP contribution in [0.1, 0.15) is 51.5 Å². The van der Waals surface area contributed by atoms with E-state index in [1.165, 1.54) is 44.8 Å². The molecule has 0 atom stereocenters. The van der Waals surface area contributed by atoms with Gasteiger partial charge in [0.25, 0.3) is 5.69 Å². The van der Waals surface area contributed by atoms with Crippen molar-refractivity contribution in [2.75, 3.05) is 26.2 Å². The van der Waals surface area contributed by atoms with Gasteiger partial charge in [0.15, 0.2) is 0 Å². The first kappa shape index (κ1) is 19.6. The van der Waals surface area contributed by atoms with Crippen molar-refractivity contribution in [2.24, 2.45) is 0 Å². The number of nitrogens with zero attached hydrogens (tertiary/aromatic N) is 2. The van der Waals surface area contributed by atoms with Crippen LogP contribution < -0.4 is 5.32 Å². The molecule has 0 saturated carbocycles. The van der Waals surface area contributed by atoms with Crippen LogP contribution in [0.25, 0.3) is 0 Å². The summed E-state index contributed by atoms with van der Waals surface area (Å²) in [6, 6.07) is 6.84. The van der Waals surface area contributed by atoms with E-state index in [0.717, 1.165) is 25.1 Å². The zero-order chi connectivity index (χ0) is 16.9. The lowest BCUT2D eigenvalue weighted by Gasteiger charge is -2.21. The van der Waals surface area contributed by atoms with E-state index in [4.69, 9.17) is 0 Å². The Morgan fingerprint density at radius 2 is 1.74 bits per heavy atom. The summed E-state index contributed by atoms with van der Waals surface area (Å²) in [5.74, 6) is 0. The second-order valence-electron chi connectivity index (χ2n) is 6.01. The zero-order valence-electron chi connectivity index (χ0n) is 14.6. The van der Waals surface area contributed by atoms with Crippen LogP contribution in [0, 0.1) is 10.1 Å². The minimum absolute atomic E-state index is 0.162. The maximum atomic E-state index is 10.8. The Morgan fingerprint density at radius 3 is 2.35 bits per heavy atom. The molecule has 1 aromatic carbocycles. The first-order valence-corrected chi connectivity index (χ1v) is 8.83. The van der Waals surface area contributed by atoms with Crippen LogP contribution in [0.3, 0.4) is 0 Å². The molecule has 1 aromatic rings. The molecule has 0 radical (unpaired) electrons. The quantitative estimate of drug-likeness (QED) is 0.339. The van der Waals surface area contributed by atoms with Gasteiger partial charge >= 0.3 is 0 Å². The number of nitro groups is 1. The molecule has 1 rings (SSSR count). The highest BCUT2D eigenvalue weighted by Gasteiger charge is 2.06. The number of unbranched alkanes of at least 4 members (excludes halogenated alkanes) is 2. The topological polar surface area (TPSA) is 58.4 Å². The standard InChI is InChI=1S/C18H31N3O2/c1-3-5-12-20(13-6-4-2)14-8-11-19-16-17-9-7-10-18(15-17)21(22)23/h7,9-10,15,19H,3-6,8,11-14,16H2,1-2H3. The van der Waals surface area contributed by atoms with E-state index < -0.39 is 0 Å². The van der Waals surface area contributed by atoms with Gasteiger partial charge in [-0.3, -0.25) is 10.1 Å². The van der Waals surface area contributed by atoms with Gasteiger partial charge in [-0.25, -0.2) is 0 Å². The Bertz CT molecular complexity index is 444. The highest BCUT2D eigenvalue weighted by atomic mass is 16.6. The lowest BCUT2D eigenvalue weighted by molar-refractivity contribution is -0.384. The molecular formula is C18H31N3O2. The lowest BCUT2D eigenvalue weighted by Crippen LogP contribution is -2.29. The Balaban J connectivity index is 2.24. The average Bonchev–Trinajstić information content (AvgIpc) is 2.56. The van der Waals surface area contributed by atoms with Gasteiger partial charge < -0.3 is 10.2 Å². The van der Waals surface area contributed by atoms with Gasteiger partial charge in [0.2, 0.25) is 0 Å². The number of rotatable bonds is 13. The van der Waals surface area contributed by atoms with E-state index >= 15 is 0 Å². The van der Waals surface area contributed by atoms with Crippen molar-refractivity contribution in [1.29, 1.82) is 0 Å². The molecule has 5 nitrogen and oxygen atoms in total. The van der Waals surface area contributed by atoms with Gasteiger partial charge in [-0.1, -0.05) is 38.8 Å². The Morgan fingerprint density at radius 1 is 1.09 bits per heavy atom. The number of nitrogens with one attached hydrogen (secondary N) is 1. The molecule has 0 amide bonds. The van der Waals surface area contributed by atoms with Crippen LogP contribution in [0.5, 0.6) is 0 Å². The Hall–Kier alpha value is -1.46. The Labute approximate surface area is 140 Å². The molecule has 0 aliphatic carbocycles. The summed E-state index contributed by atoms with van der Waals surface area (Å²) in [5, 5.41) is 14.1. The molecule has 0 aromatic heterocycles. The van der Waals surface area contributed by atoms with Crippen LogP contribution in [0.4, 0.5) is 5.69 Å². The highest BCUT2D eigenvalue weighted by Crippen LogP contribution is 2.12. The van der Waals surface area contributed by atoms with Gasteiger partial charge in [-0.05, 0) is 51.0 Å². The van der Waals surface area contributed by atoms with E-state index in [0.29, 0.717) is 6.54 Å². The summed E-state index contributed by atoms with van der Waals surface area (Å²) >= 11 is 0. The molecule has 0 bridgehead atoms. The minimum Gasteiger partial charge on any atom is -0.313 e. The lowest BCUT2D eigenvalue weighted by atomic mass is 10.2. The van der Waals surface area contributed by atoms with Gasteiger partial charge in [0.1, 0.15) is 0 Å². The van der Waals surface area contributed by atoms with Crippen molar-refractivity contribution in [3.05, 3.63) is 39.9 Å². The van der Waals surface area contributed by atoms with Crippen LogP contribution >= 0.6 is 0 Å². The summed E-state index contributed by atoms with van der Waals surface area (Å²) in [6.45, 7) is 9.62. The molecule has 130 valence electrons. The van der Waals surface area contributed by atoms with Gasteiger partial charge in [0.05, 0.1) is 4.92 Å². The fourth-order valence-electron chi connectivity index (χ4n) is 2.54. The number of hydrogen-bond acceptors (Lipinski definition) is 4. The normalized spacial score (nSPS) is 11.1. The van der Waals surface area contributed by atoms with Crippen LogP contribution in [-0.4, -0.2) is 36.0 Å². The molecule has 0 aliphatic rings. The van der Waals surface area contributed by atoms with Crippen molar-refractivity contribution in [2.45, 2.75) is 52.5 Å². The third kappa shape index (κ3) is 8.67. The second-order valence-corrected chi connectivity index (χ2v) is 6.01. The van der Waals surface area contributed by atoms with Gasteiger partial charge in [0, 0.05) is 18.7 Å². The summed E-state index contributed by atoms with van der Waals surface area (Å²) in [5.41, 5.74) is 1.13. The molecule has 0 saturated heterocycles. The molecule has 23 heavy (non-hydrogen) atoms. The van der Waals surface area contributed by atoms with Gasteiger partial charge in [-0.15, -0.1) is 0 Å². The molecule has 0 unspecified atom stereocenters. The average molecular weight is 321 g/mol. The molecule has 1 N–H and O–H groups in total. The third-order valence-electron chi connectivity index (χ3n) is 3.93. The van der Waals surface area contributed by atoms with E-state index in [2.05, 4.69) is 24.1 Å². The molecule has 5 heteroatoms. The van der Waals surface area contributed by atoms with Gasteiger partial charge in [-0.2, -0.15) is 0 Å². The highest BCUT2D eigenvalue weighted by molar-refractivity contribution is 5.34. The maximum Gasteiger partial charge on any atom is 0.269 e. The summed E-state index contributed by atoms with van der Waals surface area (Å²) in [6.07, 6.45) is 6.14. The number of benzene rings is 1. The van der Waals surface area contributed by atoms with E-state index in [1.807, 2.05) is 6.07 Å². The summed E-state index contributed by atoms with van der Waals surface area (Å²) < 4.78 is 0. The first-order valence-electron chi connectivity index (χ1n) is 8.83. The maximum absolute atomic E-state index is 10.8. The Kier molecular flexibility index (Phi) is 10.2. The number of non-ortho nitro benzene ring substituents is 1.